The van der Waals surface area contributed by atoms with Crippen LogP contribution in [0.25, 0.3) is 0 Å². The molecule has 3 aromatic rings. The van der Waals surface area contributed by atoms with Gasteiger partial charge in [-0.25, -0.2) is 9.37 Å². The second-order valence-corrected chi connectivity index (χ2v) is 7.92. The van der Waals surface area contributed by atoms with Gasteiger partial charge in [-0.1, -0.05) is 46.3 Å². The van der Waals surface area contributed by atoms with E-state index in [4.69, 9.17) is 4.74 Å². The van der Waals surface area contributed by atoms with Gasteiger partial charge in [0.15, 0.2) is 11.6 Å². The average Bonchev–Trinajstić information content (AvgIpc) is 2.77. The zero-order chi connectivity index (χ0) is 21.8. The lowest BCUT2D eigenvalue weighted by atomic mass is 10.1. The minimum absolute atomic E-state index is 0.117. The Balaban J connectivity index is 1.44. The summed E-state index contributed by atoms with van der Waals surface area (Å²) in [4.78, 5) is 31.2. The molecule has 31 heavy (non-hydrogen) atoms. The SMILES string of the molecule is O=C(CCCN1C(=O)[C@H](c2ccccc2)Oc2cccnc21)Nc1ccc(Br)cc1F. The van der Waals surface area contributed by atoms with Crippen LogP contribution in [0.4, 0.5) is 15.9 Å². The van der Waals surface area contributed by atoms with E-state index in [1.165, 1.54) is 12.1 Å². The summed E-state index contributed by atoms with van der Waals surface area (Å²) in [6, 6.07) is 17.2. The number of benzene rings is 2. The Morgan fingerprint density at radius 3 is 2.74 bits per heavy atom. The van der Waals surface area contributed by atoms with E-state index in [1.807, 2.05) is 30.3 Å². The molecule has 158 valence electrons. The highest BCUT2D eigenvalue weighted by Crippen LogP contribution is 2.37. The summed E-state index contributed by atoms with van der Waals surface area (Å²) < 4.78 is 20.4. The maximum absolute atomic E-state index is 13.9. The highest BCUT2D eigenvalue weighted by atomic mass is 79.9. The van der Waals surface area contributed by atoms with Gasteiger partial charge < -0.3 is 10.1 Å². The predicted octanol–water partition coefficient (Wildman–Crippen LogP) is 4.87. The zero-order valence-corrected chi connectivity index (χ0v) is 18.0. The molecule has 6 nitrogen and oxygen atoms in total. The number of anilines is 2. The fraction of sp³-hybridized carbons (Fsp3) is 0.174. The molecule has 4 rings (SSSR count). The van der Waals surface area contributed by atoms with E-state index in [1.54, 1.807) is 29.3 Å². The van der Waals surface area contributed by atoms with Gasteiger partial charge in [-0.05, 0) is 36.8 Å². The number of hydrogen-bond donors (Lipinski definition) is 1. The van der Waals surface area contributed by atoms with E-state index >= 15 is 0 Å². The molecule has 2 amide bonds. The fourth-order valence-electron chi connectivity index (χ4n) is 3.36. The lowest BCUT2D eigenvalue weighted by molar-refractivity contribution is -0.127. The molecule has 1 N–H and O–H groups in total. The van der Waals surface area contributed by atoms with Crippen molar-refractivity contribution in [3.8, 4) is 5.75 Å². The van der Waals surface area contributed by atoms with Crippen LogP contribution < -0.4 is 15.0 Å². The lowest BCUT2D eigenvalue weighted by Gasteiger charge is -2.33. The van der Waals surface area contributed by atoms with Crippen LogP contribution in [0.15, 0.2) is 71.3 Å². The van der Waals surface area contributed by atoms with Gasteiger partial charge in [0.1, 0.15) is 5.82 Å². The number of halogens is 2. The Hall–Kier alpha value is -3.26. The third-order valence-electron chi connectivity index (χ3n) is 4.83. The normalized spacial score (nSPS) is 15.2. The Morgan fingerprint density at radius 2 is 1.97 bits per heavy atom. The fourth-order valence-corrected chi connectivity index (χ4v) is 3.69. The minimum Gasteiger partial charge on any atom is -0.472 e. The van der Waals surface area contributed by atoms with Crippen LogP contribution in [-0.4, -0.2) is 23.3 Å². The molecule has 0 bridgehead atoms. The highest BCUT2D eigenvalue weighted by molar-refractivity contribution is 9.10. The Kier molecular flexibility index (Phi) is 6.27. The zero-order valence-electron chi connectivity index (χ0n) is 16.4. The Morgan fingerprint density at radius 1 is 1.16 bits per heavy atom. The average molecular weight is 484 g/mol. The van der Waals surface area contributed by atoms with E-state index in [2.05, 4.69) is 26.2 Å². The van der Waals surface area contributed by atoms with Gasteiger partial charge in [-0.2, -0.15) is 0 Å². The summed E-state index contributed by atoms with van der Waals surface area (Å²) in [5.74, 6) is -0.147. The molecule has 1 aliphatic heterocycles. The number of pyridine rings is 1. The Labute approximate surface area is 187 Å². The molecule has 0 saturated carbocycles. The van der Waals surface area contributed by atoms with Crippen molar-refractivity contribution < 1.29 is 18.7 Å². The van der Waals surface area contributed by atoms with Gasteiger partial charge in [0.25, 0.3) is 5.91 Å². The summed E-state index contributed by atoms with van der Waals surface area (Å²) in [5, 5.41) is 2.56. The first kappa shape index (κ1) is 21.0. The van der Waals surface area contributed by atoms with Crippen molar-refractivity contribution in [1.82, 2.24) is 4.98 Å². The number of nitrogens with one attached hydrogen (secondary N) is 1. The van der Waals surface area contributed by atoms with E-state index in [9.17, 15) is 14.0 Å². The second kappa shape index (κ2) is 9.26. The maximum Gasteiger partial charge on any atom is 0.274 e. The molecule has 0 radical (unpaired) electrons. The summed E-state index contributed by atoms with van der Waals surface area (Å²) >= 11 is 3.18. The first-order valence-electron chi connectivity index (χ1n) is 9.76. The number of nitrogens with zero attached hydrogens (tertiary/aromatic N) is 2. The summed E-state index contributed by atoms with van der Waals surface area (Å²) in [6.07, 6.45) is 1.32. The van der Waals surface area contributed by atoms with Gasteiger partial charge in [-0.3, -0.25) is 14.5 Å². The molecule has 1 atom stereocenters. The van der Waals surface area contributed by atoms with E-state index in [0.717, 1.165) is 5.56 Å². The van der Waals surface area contributed by atoms with E-state index in [-0.39, 0.29) is 30.5 Å². The van der Waals surface area contributed by atoms with Crippen molar-refractivity contribution >= 4 is 39.2 Å². The molecule has 0 aliphatic carbocycles. The number of rotatable bonds is 6. The summed E-state index contributed by atoms with van der Waals surface area (Å²) in [7, 11) is 0. The van der Waals surface area contributed by atoms with Crippen LogP contribution in [0, 0.1) is 5.82 Å². The van der Waals surface area contributed by atoms with E-state index < -0.39 is 11.9 Å². The molecule has 0 unspecified atom stereocenters. The van der Waals surface area contributed by atoms with Gasteiger partial charge in [0.05, 0.1) is 5.69 Å². The number of aromatic nitrogens is 1. The predicted molar refractivity (Wildman–Crippen MR) is 118 cm³/mol. The topological polar surface area (TPSA) is 71.5 Å². The van der Waals surface area contributed by atoms with Crippen LogP contribution in [0.1, 0.15) is 24.5 Å². The maximum atomic E-state index is 13.9. The lowest BCUT2D eigenvalue weighted by Crippen LogP contribution is -2.42. The van der Waals surface area contributed by atoms with Crippen molar-refractivity contribution in [2.45, 2.75) is 18.9 Å². The standard InChI is InChI=1S/C23H19BrFN3O3/c24-16-10-11-18(17(25)14-16)27-20(29)9-5-13-28-22-19(8-4-12-26-22)31-21(23(28)30)15-6-2-1-3-7-15/h1-4,6-8,10-12,14,21H,5,9,13H2,(H,27,29)/t21-/m0/s1. The third kappa shape index (κ3) is 4.74. The highest BCUT2D eigenvalue weighted by Gasteiger charge is 2.36. The molecular formula is C23H19BrFN3O3. The second-order valence-electron chi connectivity index (χ2n) is 7.00. The molecule has 8 heteroatoms. The van der Waals surface area contributed by atoms with Crippen LogP contribution in [0.2, 0.25) is 0 Å². The van der Waals surface area contributed by atoms with Gasteiger partial charge in [-0.15, -0.1) is 0 Å². The molecule has 2 aromatic carbocycles. The number of fused-ring (bicyclic) bond motifs is 1. The largest absolute Gasteiger partial charge is 0.472 e. The summed E-state index contributed by atoms with van der Waals surface area (Å²) in [5.41, 5.74) is 0.863. The molecule has 0 spiro atoms. The smallest absolute Gasteiger partial charge is 0.274 e. The van der Waals surface area contributed by atoms with Crippen molar-refractivity contribution in [1.29, 1.82) is 0 Å². The van der Waals surface area contributed by atoms with Gasteiger partial charge in [0.2, 0.25) is 12.0 Å². The quantitative estimate of drug-likeness (QED) is 0.542. The van der Waals surface area contributed by atoms with Crippen LogP contribution in [0.5, 0.6) is 5.75 Å². The van der Waals surface area contributed by atoms with Crippen LogP contribution in [-0.2, 0) is 9.59 Å². The first-order valence-corrected chi connectivity index (χ1v) is 10.5. The minimum atomic E-state index is -0.774. The molecule has 2 heterocycles. The molecule has 0 fully saturated rings. The van der Waals surface area contributed by atoms with Crippen LogP contribution >= 0.6 is 15.9 Å². The monoisotopic (exact) mass is 483 g/mol. The number of ether oxygens (including phenoxy) is 1. The Bertz CT molecular complexity index is 1110. The molecule has 0 saturated heterocycles. The number of carbonyl (C=O) groups excluding carboxylic acids is 2. The van der Waals surface area contributed by atoms with Crippen molar-refractivity contribution in [2.75, 3.05) is 16.8 Å². The van der Waals surface area contributed by atoms with Gasteiger partial charge >= 0.3 is 0 Å². The summed E-state index contributed by atoms with van der Waals surface area (Å²) in [6.45, 7) is 0.284. The molecule has 1 aromatic heterocycles. The molecular weight excluding hydrogens is 465 g/mol. The van der Waals surface area contributed by atoms with Crippen LogP contribution in [0.3, 0.4) is 0 Å². The van der Waals surface area contributed by atoms with E-state index in [0.29, 0.717) is 22.5 Å². The number of hydrogen-bond acceptors (Lipinski definition) is 4. The van der Waals surface area contributed by atoms with Crippen molar-refractivity contribution in [3.63, 3.8) is 0 Å². The van der Waals surface area contributed by atoms with Crippen molar-refractivity contribution in [2.24, 2.45) is 0 Å². The molecule has 1 aliphatic rings. The number of carbonyl (C=O) groups is 2. The number of amides is 2. The first-order chi connectivity index (χ1) is 15.0. The van der Waals surface area contributed by atoms with Crippen molar-refractivity contribution in [3.05, 3.63) is 82.7 Å². The van der Waals surface area contributed by atoms with Gasteiger partial charge in [0, 0.05) is 29.2 Å². The third-order valence-corrected chi connectivity index (χ3v) is 5.33.